The van der Waals surface area contributed by atoms with E-state index in [-0.39, 0.29) is 24.0 Å². The summed E-state index contributed by atoms with van der Waals surface area (Å²) in [6.45, 7) is 4.67. The highest BCUT2D eigenvalue weighted by Crippen LogP contribution is 2.36. The van der Waals surface area contributed by atoms with Crippen LogP contribution >= 0.6 is 11.3 Å². The number of nitrogens with one attached hydrogen (secondary N) is 2. The van der Waals surface area contributed by atoms with Gasteiger partial charge >= 0.3 is 12.1 Å². The van der Waals surface area contributed by atoms with E-state index in [1.807, 2.05) is 12.2 Å². The van der Waals surface area contributed by atoms with Gasteiger partial charge in [-0.2, -0.15) is 0 Å². The van der Waals surface area contributed by atoms with Crippen molar-refractivity contribution >= 4 is 40.2 Å². The molecule has 1 aromatic rings. The standard InChI is InChI=1S/C16H20N2O6S/c1-4-23-16(22)17-11(19)7-24-15(21)12-8(2)9(3)25-14(12)18-13(20)10-5-6-10/h10H,4-7H2,1-3H3,(H,18,20)(H,17,19,22). The molecule has 25 heavy (non-hydrogen) atoms. The minimum absolute atomic E-state index is 0.00179. The first kappa shape index (κ1) is 18.9. The van der Waals surface area contributed by atoms with Crippen LogP contribution in [0.4, 0.5) is 9.80 Å². The largest absolute Gasteiger partial charge is 0.452 e. The number of hydrogen-bond acceptors (Lipinski definition) is 7. The average molecular weight is 368 g/mol. The van der Waals surface area contributed by atoms with Crippen LogP contribution in [0.15, 0.2) is 0 Å². The van der Waals surface area contributed by atoms with E-state index in [4.69, 9.17) is 4.74 Å². The van der Waals surface area contributed by atoms with Crippen molar-refractivity contribution in [1.82, 2.24) is 5.32 Å². The molecule has 0 unspecified atom stereocenters. The fourth-order valence-electron chi connectivity index (χ4n) is 2.04. The first-order valence-corrected chi connectivity index (χ1v) is 8.69. The van der Waals surface area contributed by atoms with Crippen LogP contribution in [0, 0.1) is 19.8 Å². The number of ether oxygens (including phenoxy) is 2. The third-order valence-electron chi connectivity index (χ3n) is 3.63. The molecule has 1 fully saturated rings. The Hall–Kier alpha value is -2.42. The van der Waals surface area contributed by atoms with Crippen molar-refractivity contribution in [2.75, 3.05) is 18.5 Å². The van der Waals surface area contributed by atoms with Crippen molar-refractivity contribution in [2.45, 2.75) is 33.6 Å². The minimum atomic E-state index is -0.900. The Balaban J connectivity index is 1.99. The number of imide groups is 1. The van der Waals surface area contributed by atoms with Gasteiger partial charge in [0.2, 0.25) is 5.91 Å². The summed E-state index contributed by atoms with van der Waals surface area (Å²) in [5.74, 6) is -1.63. The van der Waals surface area contributed by atoms with Crippen molar-refractivity contribution in [3.8, 4) is 0 Å². The lowest BCUT2D eigenvalue weighted by atomic mass is 10.1. The van der Waals surface area contributed by atoms with E-state index >= 15 is 0 Å². The zero-order valence-corrected chi connectivity index (χ0v) is 15.1. The Labute approximate surface area is 148 Å². The second-order valence-corrected chi connectivity index (χ2v) is 6.82. The molecular formula is C16H20N2O6S. The molecule has 2 rings (SSSR count). The van der Waals surface area contributed by atoms with Crippen molar-refractivity contribution in [1.29, 1.82) is 0 Å². The van der Waals surface area contributed by atoms with E-state index < -0.39 is 24.6 Å². The number of aryl methyl sites for hydroxylation is 1. The van der Waals surface area contributed by atoms with Crippen LogP contribution in [-0.4, -0.2) is 37.1 Å². The number of anilines is 1. The number of alkyl carbamates (subject to hydrolysis) is 1. The quantitative estimate of drug-likeness (QED) is 0.744. The van der Waals surface area contributed by atoms with E-state index in [1.54, 1.807) is 13.8 Å². The van der Waals surface area contributed by atoms with Crippen LogP contribution in [0.5, 0.6) is 0 Å². The lowest BCUT2D eigenvalue weighted by Gasteiger charge is -2.08. The third kappa shape index (κ3) is 5.02. The van der Waals surface area contributed by atoms with Crippen molar-refractivity contribution < 1.29 is 28.7 Å². The summed E-state index contributed by atoms with van der Waals surface area (Å²) in [5, 5.41) is 5.11. The molecular weight excluding hydrogens is 348 g/mol. The highest BCUT2D eigenvalue weighted by molar-refractivity contribution is 7.16. The zero-order chi connectivity index (χ0) is 18.6. The number of esters is 1. The molecule has 0 radical (unpaired) electrons. The summed E-state index contributed by atoms with van der Waals surface area (Å²) < 4.78 is 9.52. The van der Waals surface area contributed by atoms with Gasteiger partial charge in [-0.3, -0.25) is 14.9 Å². The van der Waals surface area contributed by atoms with Crippen LogP contribution in [0.2, 0.25) is 0 Å². The number of thiophene rings is 1. The van der Waals surface area contributed by atoms with Gasteiger partial charge in [0.05, 0.1) is 12.2 Å². The summed E-state index contributed by atoms with van der Waals surface area (Å²) in [4.78, 5) is 47.8. The molecule has 0 aromatic carbocycles. The van der Waals surface area contributed by atoms with Crippen LogP contribution in [-0.2, 0) is 19.1 Å². The maximum Gasteiger partial charge on any atom is 0.413 e. The Morgan fingerprint density at radius 2 is 1.84 bits per heavy atom. The first-order chi connectivity index (χ1) is 11.8. The lowest BCUT2D eigenvalue weighted by Crippen LogP contribution is -2.34. The molecule has 0 aliphatic heterocycles. The van der Waals surface area contributed by atoms with Crippen LogP contribution in [0.1, 0.15) is 40.6 Å². The summed E-state index contributed by atoms with van der Waals surface area (Å²) in [6, 6.07) is 0. The number of carbonyl (C=O) groups excluding carboxylic acids is 4. The molecule has 3 amide bonds. The smallest absolute Gasteiger partial charge is 0.413 e. The summed E-state index contributed by atoms with van der Waals surface area (Å²) in [5.41, 5.74) is 0.923. The number of hydrogen-bond donors (Lipinski definition) is 2. The van der Waals surface area contributed by atoms with Gasteiger partial charge in [-0.05, 0) is 39.2 Å². The molecule has 0 saturated heterocycles. The molecule has 1 saturated carbocycles. The number of rotatable bonds is 6. The summed E-state index contributed by atoms with van der Waals surface area (Å²) in [6.07, 6.45) is 0.801. The summed E-state index contributed by atoms with van der Waals surface area (Å²) >= 11 is 1.29. The average Bonchev–Trinajstić information content (AvgIpc) is 3.34. The molecule has 0 spiro atoms. The molecule has 8 nitrogen and oxygen atoms in total. The Morgan fingerprint density at radius 3 is 2.44 bits per heavy atom. The van der Waals surface area contributed by atoms with E-state index in [9.17, 15) is 19.2 Å². The molecule has 1 aliphatic rings. The first-order valence-electron chi connectivity index (χ1n) is 7.88. The van der Waals surface area contributed by atoms with Crippen molar-refractivity contribution in [3.05, 3.63) is 16.0 Å². The highest BCUT2D eigenvalue weighted by Gasteiger charge is 2.31. The van der Waals surface area contributed by atoms with Crippen molar-refractivity contribution in [2.24, 2.45) is 5.92 Å². The summed E-state index contributed by atoms with van der Waals surface area (Å²) in [7, 11) is 0. The molecule has 9 heteroatoms. The maximum atomic E-state index is 12.3. The predicted octanol–water partition coefficient (Wildman–Crippen LogP) is 2.14. The lowest BCUT2D eigenvalue weighted by molar-refractivity contribution is -0.123. The topological polar surface area (TPSA) is 111 Å². The molecule has 1 heterocycles. The van der Waals surface area contributed by atoms with Gasteiger partial charge in [0.1, 0.15) is 5.00 Å². The maximum absolute atomic E-state index is 12.3. The number of amides is 3. The Morgan fingerprint density at radius 1 is 1.16 bits per heavy atom. The van der Waals surface area contributed by atoms with E-state index in [2.05, 4.69) is 10.1 Å². The van der Waals surface area contributed by atoms with Crippen LogP contribution < -0.4 is 10.6 Å². The predicted molar refractivity (Wildman–Crippen MR) is 90.6 cm³/mol. The van der Waals surface area contributed by atoms with Gasteiger partial charge < -0.3 is 14.8 Å². The third-order valence-corrected chi connectivity index (χ3v) is 4.75. The Bertz CT molecular complexity index is 708. The normalized spacial score (nSPS) is 13.1. The van der Waals surface area contributed by atoms with Gasteiger partial charge in [-0.1, -0.05) is 0 Å². The zero-order valence-electron chi connectivity index (χ0n) is 14.3. The molecule has 2 N–H and O–H groups in total. The molecule has 0 atom stereocenters. The highest BCUT2D eigenvalue weighted by atomic mass is 32.1. The van der Waals surface area contributed by atoms with Gasteiger partial charge in [-0.25, -0.2) is 9.59 Å². The second kappa shape index (κ2) is 8.11. The Kier molecular flexibility index (Phi) is 6.13. The van der Waals surface area contributed by atoms with Crippen LogP contribution in [0.3, 0.4) is 0 Å². The van der Waals surface area contributed by atoms with Gasteiger partial charge in [0.15, 0.2) is 6.61 Å². The van der Waals surface area contributed by atoms with Crippen LogP contribution in [0.25, 0.3) is 0 Å². The second-order valence-electron chi connectivity index (χ2n) is 5.60. The van der Waals surface area contributed by atoms with E-state index in [1.165, 1.54) is 11.3 Å². The molecule has 0 bridgehead atoms. The SMILES string of the molecule is CCOC(=O)NC(=O)COC(=O)c1c(NC(=O)C2CC2)sc(C)c1C. The van der Waals surface area contributed by atoms with Gasteiger partial charge in [0.25, 0.3) is 5.91 Å². The van der Waals surface area contributed by atoms with Gasteiger partial charge in [0, 0.05) is 10.8 Å². The molecule has 1 aliphatic carbocycles. The van der Waals surface area contributed by atoms with Crippen molar-refractivity contribution in [3.63, 3.8) is 0 Å². The van der Waals surface area contributed by atoms with E-state index in [0.29, 0.717) is 10.6 Å². The van der Waals surface area contributed by atoms with E-state index in [0.717, 1.165) is 17.7 Å². The molecule has 136 valence electrons. The van der Waals surface area contributed by atoms with Gasteiger partial charge in [-0.15, -0.1) is 11.3 Å². The fraction of sp³-hybridized carbons (Fsp3) is 0.500. The minimum Gasteiger partial charge on any atom is -0.452 e. The molecule has 1 aromatic heterocycles. The monoisotopic (exact) mass is 368 g/mol. The number of carbonyl (C=O) groups is 4. The fourth-order valence-corrected chi connectivity index (χ4v) is 3.09.